The van der Waals surface area contributed by atoms with Crippen LogP contribution in [0.15, 0.2) is 24.5 Å². The van der Waals surface area contributed by atoms with E-state index in [-0.39, 0.29) is 11.9 Å². The maximum atomic E-state index is 12.4. The summed E-state index contributed by atoms with van der Waals surface area (Å²) in [5, 5.41) is 6.24. The van der Waals surface area contributed by atoms with E-state index in [0.29, 0.717) is 13.0 Å². The van der Waals surface area contributed by atoms with Gasteiger partial charge in [0.2, 0.25) is 5.91 Å². The molecule has 1 aliphatic heterocycles. The summed E-state index contributed by atoms with van der Waals surface area (Å²) in [5.41, 5.74) is 5.21. The van der Waals surface area contributed by atoms with Crippen molar-refractivity contribution < 1.29 is 4.79 Å². The van der Waals surface area contributed by atoms with Crippen LogP contribution in [0.2, 0.25) is 0 Å². The first kappa shape index (κ1) is 12.9. The first-order chi connectivity index (χ1) is 9.65. The normalized spacial score (nSPS) is 17.6. The number of H-pyrrole nitrogens is 1. The molecule has 0 radical (unpaired) electrons. The van der Waals surface area contributed by atoms with Crippen LogP contribution in [0.1, 0.15) is 22.5 Å². The van der Waals surface area contributed by atoms with Crippen molar-refractivity contribution in [2.75, 3.05) is 5.32 Å². The molecule has 0 aliphatic carbocycles. The fraction of sp³-hybridized carbons (Fsp3) is 0.333. The van der Waals surface area contributed by atoms with Crippen LogP contribution >= 0.6 is 0 Å². The van der Waals surface area contributed by atoms with Gasteiger partial charge in [-0.3, -0.25) is 10.1 Å². The number of amides is 1. The molecule has 1 aromatic heterocycles. The first-order valence-electron chi connectivity index (χ1n) is 6.76. The molecule has 0 saturated heterocycles. The van der Waals surface area contributed by atoms with Crippen molar-refractivity contribution in [1.29, 1.82) is 0 Å². The third-order valence-electron chi connectivity index (χ3n) is 3.91. The summed E-state index contributed by atoms with van der Waals surface area (Å²) in [4.78, 5) is 19.7. The highest BCUT2D eigenvalue weighted by Crippen LogP contribution is 2.19. The molecular weight excluding hydrogens is 252 g/mol. The molecule has 5 heteroatoms. The summed E-state index contributed by atoms with van der Waals surface area (Å²) in [6.07, 6.45) is 2.30. The smallest absolute Gasteiger partial charge is 0.241 e. The molecule has 1 aliphatic rings. The fourth-order valence-electron chi connectivity index (χ4n) is 2.46. The minimum absolute atomic E-state index is 0.00708. The zero-order valence-corrected chi connectivity index (χ0v) is 11.7. The summed E-state index contributed by atoms with van der Waals surface area (Å²) in [6.45, 7) is 4.71. The number of aromatic nitrogens is 2. The topological polar surface area (TPSA) is 69.8 Å². The molecule has 0 spiro atoms. The number of aryl methyl sites for hydroxylation is 1. The van der Waals surface area contributed by atoms with Crippen molar-refractivity contribution >= 4 is 11.6 Å². The molecule has 3 N–H and O–H groups in total. The summed E-state index contributed by atoms with van der Waals surface area (Å²) in [7, 11) is 0. The number of hydrogen-bond donors (Lipinski definition) is 3. The zero-order chi connectivity index (χ0) is 14.1. The Hall–Kier alpha value is -2.14. The van der Waals surface area contributed by atoms with E-state index < -0.39 is 0 Å². The molecule has 20 heavy (non-hydrogen) atoms. The average Bonchev–Trinajstić information content (AvgIpc) is 2.91. The summed E-state index contributed by atoms with van der Waals surface area (Å²) in [5.74, 6) is -0.00708. The van der Waals surface area contributed by atoms with Crippen LogP contribution in [-0.2, 0) is 17.8 Å². The number of carbonyl (C=O) groups is 1. The molecule has 0 fully saturated rings. The molecule has 3 rings (SSSR count). The van der Waals surface area contributed by atoms with Crippen molar-refractivity contribution in [2.45, 2.75) is 32.9 Å². The quantitative estimate of drug-likeness (QED) is 0.777. The van der Waals surface area contributed by atoms with Gasteiger partial charge in [-0.15, -0.1) is 0 Å². The number of carbonyl (C=O) groups excluding carboxylic acids is 1. The van der Waals surface area contributed by atoms with Gasteiger partial charge >= 0.3 is 0 Å². The summed E-state index contributed by atoms with van der Waals surface area (Å²) >= 11 is 0. The Labute approximate surface area is 117 Å². The average molecular weight is 270 g/mol. The third kappa shape index (κ3) is 2.32. The van der Waals surface area contributed by atoms with Crippen LogP contribution < -0.4 is 10.6 Å². The fourth-order valence-corrected chi connectivity index (χ4v) is 2.46. The minimum atomic E-state index is -0.231. The maximum absolute atomic E-state index is 12.4. The predicted molar refractivity (Wildman–Crippen MR) is 77.5 cm³/mol. The lowest BCUT2D eigenvalue weighted by Gasteiger charge is -2.22. The lowest BCUT2D eigenvalue weighted by atomic mass is 10.0. The largest absolute Gasteiger partial charge is 0.347 e. The van der Waals surface area contributed by atoms with Gasteiger partial charge in [-0.25, -0.2) is 4.98 Å². The Morgan fingerprint density at radius 2 is 2.25 bits per heavy atom. The lowest BCUT2D eigenvalue weighted by Crippen LogP contribution is -2.44. The van der Waals surface area contributed by atoms with Crippen molar-refractivity contribution in [2.24, 2.45) is 0 Å². The standard InChI is InChI=1S/C15H18N4O/c1-9-4-3-5-11(10(9)2)19-15(20)13-6-12-14(7-16-13)18-8-17-12/h3-5,8,13,16H,6-7H2,1-2H3,(H,17,18)(H,19,20). The van der Waals surface area contributed by atoms with Crippen molar-refractivity contribution in [3.8, 4) is 0 Å². The highest BCUT2D eigenvalue weighted by atomic mass is 16.2. The molecule has 2 aromatic rings. The van der Waals surface area contributed by atoms with Crippen molar-refractivity contribution in [3.63, 3.8) is 0 Å². The molecule has 1 amide bonds. The Morgan fingerprint density at radius 3 is 3.10 bits per heavy atom. The first-order valence-corrected chi connectivity index (χ1v) is 6.76. The van der Waals surface area contributed by atoms with Crippen LogP contribution in [0.3, 0.4) is 0 Å². The third-order valence-corrected chi connectivity index (χ3v) is 3.91. The van der Waals surface area contributed by atoms with Gasteiger partial charge in [0.05, 0.1) is 23.8 Å². The van der Waals surface area contributed by atoms with E-state index >= 15 is 0 Å². The molecule has 5 nitrogen and oxygen atoms in total. The SMILES string of the molecule is Cc1cccc(NC(=O)C2Cc3nc[nH]c3CN2)c1C. The van der Waals surface area contributed by atoms with E-state index in [2.05, 4.69) is 20.6 Å². The van der Waals surface area contributed by atoms with Gasteiger partial charge in [-0.05, 0) is 31.0 Å². The number of hydrogen-bond acceptors (Lipinski definition) is 3. The highest BCUT2D eigenvalue weighted by Gasteiger charge is 2.25. The van der Waals surface area contributed by atoms with E-state index in [1.807, 2.05) is 32.0 Å². The van der Waals surface area contributed by atoms with Gasteiger partial charge in [0, 0.05) is 18.7 Å². The van der Waals surface area contributed by atoms with Crippen LogP contribution in [0, 0.1) is 13.8 Å². The second-order valence-electron chi connectivity index (χ2n) is 5.20. The Kier molecular flexibility index (Phi) is 3.28. The summed E-state index contributed by atoms with van der Waals surface area (Å²) < 4.78 is 0. The van der Waals surface area contributed by atoms with Crippen molar-refractivity contribution in [3.05, 3.63) is 47.0 Å². The lowest BCUT2D eigenvalue weighted by molar-refractivity contribution is -0.118. The minimum Gasteiger partial charge on any atom is -0.347 e. The van der Waals surface area contributed by atoms with Gasteiger partial charge in [-0.2, -0.15) is 0 Å². The second-order valence-corrected chi connectivity index (χ2v) is 5.20. The number of nitrogens with zero attached hydrogens (tertiary/aromatic N) is 1. The van der Waals surface area contributed by atoms with E-state index in [4.69, 9.17) is 0 Å². The molecule has 1 aromatic carbocycles. The highest BCUT2D eigenvalue weighted by molar-refractivity contribution is 5.95. The molecule has 2 heterocycles. The predicted octanol–water partition coefficient (Wildman–Crippen LogP) is 1.68. The second kappa shape index (κ2) is 5.09. The number of aromatic amines is 1. The molecule has 0 saturated carbocycles. The number of benzene rings is 1. The van der Waals surface area contributed by atoms with E-state index in [9.17, 15) is 4.79 Å². The molecular formula is C15H18N4O. The van der Waals surface area contributed by atoms with Gasteiger partial charge in [0.15, 0.2) is 0 Å². The van der Waals surface area contributed by atoms with Gasteiger partial charge < -0.3 is 10.3 Å². The van der Waals surface area contributed by atoms with E-state index in [1.165, 1.54) is 5.56 Å². The van der Waals surface area contributed by atoms with Crippen LogP contribution in [-0.4, -0.2) is 21.9 Å². The molecule has 1 atom stereocenters. The Balaban J connectivity index is 1.73. The van der Waals surface area contributed by atoms with Crippen molar-refractivity contribution in [1.82, 2.24) is 15.3 Å². The number of rotatable bonds is 2. The number of anilines is 1. The van der Waals surface area contributed by atoms with Crippen LogP contribution in [0.4, 0.5) is 5.69 Å². The van der Waals surface area contributed by atoms with Gasteiger partial charge in [0.1, 0.15) is 0 Å². The van der Waals surface area contributed by atoms with Gasteiger partial charge in [0.25, 0.3) is 0 Å². The number of fused-ring (bicyclic) bond motifs is 1. The summed E-state index contributed by atoms with van der Waals surface area (Å²) in [6, 6.07) is 5.70. The Morgan fingerprint density at radius 1 is 1.40 bits per heavy atom. The van der Waals surface area contributed by atoms with E-state index in [1.54, 1.807) is 6.33 Å². The maximum Gasteiger partial charge on any atom is 0.241 e. The monoisotopic (exact) mass is 270 g/mol. The van der Waals surface area contributed by atoms with Crippen LogP contribution in [0.5, 0.6) is 0 Å². The molecule has 104 valence electrons. The number of imidazole rings is 1. The molecule has 0 bridgehead atoms. The van der Waals surface area contributed by atoms with Gasteiger partial charge in [-0.1, -0.05) is 12.1 Å². The molecule has 1 unspecified atom stereocenters. The van der Waals surface area contributed by atoms with Crippen LogP contribution in [0.25, 0.3) is 0 Å². The Bertz CT molecular complexity index is 647. The van der Waals surface area contributed by atoms with E-state index in [0.717, 1.165) is 22.6 Å². The zero-order valence-electron chi connectivity index (χ0n) is 11.7. The number of nitrogens with one attached hydrogen (secondary N) is 3.